The Morgan fingerprint density at radius 1 is 1.41 bits per heavy atom. The number of nitriles is 1. The van der Waals surface area contributed by atoms with Gasteiger partial charge in [-0.15, -0.1) is 0 Å². The molecule has 0 atom stereocenters. The second-order valence-corrected chi connectivity index (χ2v) is 3.73. The Labute approximate surface area is 99.4 Å². The van der Waals surface area contributed by atoms with Crippen LogP contribution in [0.5, 0.6) is 5.75 Å². The molecule has 4 nitrogen and oxygen atoms in total. The smallest absolute Gasteiger partial charge is 0.140 e. The minimum Gasteiger partial charge on any atom is -0.489 e. The molecule has 1 aromatic heterocycles. The first-order valence-electron chi connectivity index (χ1n) is 5.25. The lowest BCUT2D eigenvalue weighted by Crippen LogP contribution is -1.97. The van der Waals surface area contributed by atoms with Crippen LogP contribution in [0.15, 0.2) is 28.8 Å². The second-order valence-electron chi connectivity index (χ2n) is 3.73. The Morgan fingerprint density at radius 2 is 2.24 bits per heavy atom. The first-order chi connectivity index (χ1) is 8.20. The van der Waals surface area contributed by atoms with Crippen molar-refractivity contribution in [1.29, 1.82) is 5.26 Å². The summed E-state index contributed by atoms with van der Waals surface area (Å²) in [7, 11) is 0. The topological polar surface area (TPSA) is 59.1 Å². The molecule has 2 aromatic rings. The van der Waals surface area contributed by atoms with Gasteiger partial charge in [0, 0.05) is 0 Å². The van der Waals surface area contributed by atoms with E-state index in [9.17, 15) is 0 Å². The number of rotatable bonds is 3. The molecule has 0 aliphatic carbocycles. The molecule has 0 saturated carbocycles. The summed E-state index contributed by atoms with van der Waals surface area (Å²) < 4.78 is 10.6. The lowest BCUT2D eigenvalue weighted by atomic mass is 10.2. The summed E-state index contributed by atoms with van der Waals surface area (Å²) in [6.45, 7) is 4.13. The van der Waals surface area contributed by atoms with Crippen LogP contribution in [-0.4, -0.2) is 5.16 Å². The predicted molar refractivity (Wildman–Crippen MR) is 61.5 cm³/mol. The van der Waals surface area contributed by atoms with Gasteiger partial charge >= 0.3 is 0 Å². The van der Waals surface area contributed by atoms with E-state index in [2.05, 4.69) is 11.2 Å². The highest BCUT2D eigenvalue weighted by molar-refractivity contribution is 5.36. The van der Waals surface area contributed by atoms with Crippen molar-refractivity contribution in [3.63, 3.8) is 0 Å². The Bertz CT molecular complexity index is 548. The van der Waals surface area contributed by atoms with Crippen molar-refractivity contribution in [2.24, 2.45) is 0 Å². The minimum absolute atomic E-state index is 0.399. The number of benzene rings is 1. The third kappa shape index (κ3) is 2.45. The molecule has 0 bridgehead atoms. The molecule has 0 radical (unpaired) electrons. The molecule has 0 N–H and O–H groups in total. The largest absolute Gasteiger partial charge is 0.489 e. The van der Waals surface area contributed by atoms with Crippen molar-refractivity contribution in [3.05, 3.63) is 46.8 Å². The molecular weight excluding hydrogens is 216 g/mol. The predicted octanol–water partition coefficient (Wildman–Crippen LogP) is 2.74. The van der Waals surface area contributed by atoms with E-state index < -0.39 is 0 Å². The molecule has 17 heavy (non-hydrogen) atoms. The van der Waals surface area contributed by atoms with Crippen molar-refractivity contribution < 1.29 is 9.26 Å². The van der Waals surface area contributed by atoms with Crippen molar-refractivity contribution in [2.45, 2.75) is 20.5 Å². The zero-order valence-corrected chi connectivity index (χ0v) is 9.73. The van der Waals surface area contributed by atoms with Crippen molar-refractivity contribution >= 4 is 0 Å². The number of hydrogen-bond acceptors (Lipinski definition) is 4. The van der Waals surface area contributed by atoms with Crippen LogP contribution in [0, 0.1) is 25.2 Å². The minimum atomic E-state index is 0.399. The highest BCUT2D eigenvalue weighted by atomic mass is 16.5. The van der Waals surface area contributed by atoms with Gasteiger partial charge in [-0.2, -0.15) is 5.26 Å². The van der Waals surface area contributed by atoms with E-state index in [4.69, 9.17) is 14.5 Å². The molecule has 0 unspecified atom stereocenters. The average Bonchev–Trinajstić information content (AvgIpc) is 2.67. The van der Waals surface area contributed by atoms with Gasteiger partial charge < -0.3 is 9.26 Å². The maximum absolute atomic E-state index is 8.77. The van der Waals surface area contributed by atoms with Crippen molar-refractivity contribution in [2.75, 3.05) is 0 Å². The summed E-state index contributed by atoms with van der Waals surface area (Å²) in [4.78, 5) is 0. The van der Waals surface area contributed by atoms with Gasteiger partial charge in [-0.25, -0.2) is 0 Å². The number of nitrogens with zero attached hydrogens (tertiary/aromatic N) is 2. The van der Waals surface area contributed by atoms with Gasteiger partial charge in [-0.1, -0.05) is 11.2 Å². The molecule has 1 heterocycles. The molecule has 0 amide bonds. The summed E-state index contributed by atoms with van der Waals surface area (Å²) >= 11 is 0. The van der Waals surface area contributed by atoms with E-state index in [1.165, 1.54) is 0 Å². The molecule has 1 aromatic carbocycles. The van der Waals surface area contributed by atoms with E-state index >= 15 is 0 Å². The monoisotopic (exact) mass is 228 g/mol. The van der Waals surface area contributed by atoms with Gasteiger partial charge in [0.05, 0.1) is 22.9 Å². The molecule has 0 aliphatic heterocycles. The van der Waals surface area contributed by atoms with Crippen LogP contribution in [0.4, 0.5) is 0 Å². The standard InChI is InChI=1S/C13H12N2O2/c1-9-13(10(2)17-15-9)8-16-12-5-3-4-11(6-12)7-14/h3-6H,8H2,1-2H3. The van der Waals surface area contributed by atoms with Gasteiger partial charge in [0.2, 0.25) is 0 Å². The second kappa shape index (κ2) is 4.71. The molecule has 0 aliphatic rings. The van der Waals surface area contributed by atoms with Crippen LogP contribution in [0.1, 0.15) is 22.6 Å². The normalized spacial score (nSPS) is 9.94. The van der Waals surface area contributed by atoms with Crippen LogP contribution >= 0.6 is 0 Å². The van der Waals surface area contributed by atoms with Crippen LogP contribution < -0.4 is 4.74 Å². The summed E-state index contributed by atoms with van der Waals surface area (Å²) in [6, 6.07) is 9.13. The quantitative estimate of drug-likeness (QED) is 0.810. The Balaban J connectivity index is 2.10. The number of aromatic nitrogens is 1. The number of hydrogen-bond donors (Lipinski definition) is 0. The van der Waals surface area contributed by atoms with Gasteiger partial charge in [0.15, 0.2) is 0 Å². The lowest BCUT2D eigenvalue weighted by molar-refractivity contribution is 0.301. The van der Waals surface area contributed by atoms with E-state index in [-0.39, 0.29) is 0 Å². The molecule has 86 valence electrons. The molecule has 0 fully saturated rings. The average molecular weight is 228 g/mol. The first kappa shape index (κ1) is 11.2. The zero-order valence-electron chi connectivity index (χ0n) is 9.73. The highest BCUT2D eigenvalue weighted by Crippen LogP contribution is 2.18. The lowest BCUT2D eigenvalue weighted by Gasteiger charge is -2.05. The third-order valence-electron chi connectivity index (χ3n) is 2.53. The van der Waals surface area contributed by atoms with Gasteiger partial charge in [0.1, 0.15) is 18.1 Å². The summed E-state index contributed by atoms with van der Waals surface area (Å²) in [6.07, 6.45) is 0. The van der Waals surface area contributed by atoms with Crippen LogP contribution in [0.3, 0.4) is 0 Å². The summed E-state index contributed by atoms with van der Waals surface area (Å²) in [5, 5.41) is 12.6. The molecule has 0 saturated heterocycles. The Morgan fingerprint density at radius 3 is 2.88 bits per heavy atom. The van der Waals surface area contributed by atoms with Crippen LogP contribution in [0.25, 0.3) is 0 Å². The fourth-order valence-electron chi connectivity index (χ4n) is 1.52. The van der Waals surface area contributed by atoms with E-state index in [1.54, 1.807) is 18.2 Å². The maximum atomic E-state index is 8.77. The molecule has 4 heteroatoms. The molecule has 0 spiro atoms. The SMILES string of the molecule is Cc1noc(C)c1COc1cccc(C#N)c1. The van der Waals surface area contributed by atoms with Crippen LogP contribution in [0.2, 0.25) is 0 Å². The van der Waals surface area contributed by atoms with E-state index in [1.807, 2.05) is 19.9 Å². The third-order valence-corrected chi connectivity index (χ3v) is 2.53. The first-order valence-corrected chi connectivity index (χ1v) is 5.25. The fourth-order valence-corrected chi connectivity index (χ4v) is 1.52. The van der Waals surface area contributed by atoms with Crippen molar-refractivity contribution in [1.82, 2.24) is 5.16 Å². The number of ether oxygens (including phenoxy) is 1. The van der Waals surface area contributed by atoms with E-state index in [0.717, 1.165) is 17.0 Å². The summed E-state index contributed by atoms with van der Waals surface area (Å²) in [5.41, 5.74) is 2.37. The van der Waals surface area contributed by atoms with Gasteiger partial charge in [-0.3, -0.25) is 0 Å². The number of aryl methyl sites for hydroxylation is 2. The molecular formula is C13H12N2O2. The van der Waals surface area contributed by atoms with Crippen molar-refractivity contribution in [3.8, 4) is 11.8 Å². The Hall–Kier alpha value is -2.28. The summed E-state index contributed by atoms with van der Waals surface area (Å²) in [5.74, 6) is 1.43. The molecule has 2 rings (SSSR count). The zero-order chi connectivity index (χ0) is 12.3. The van der Waals surface area contributed by atoms with Gasteiger partial charge in [0.25, 0.3) is 0 Å². The highest BCUT2D eigenvalue weighted by Gasteiger charge is 2.09. The van der Waals surface area contributed by atoms with Gasteiger partial charge in [-0.05, 0) is 32.0 Å². The van der Waals surface area contributed by atoms with Crippen LogP contribution in [-0.2, 0) is 6.61 Å². The van der Waals surface area contributed by atoms with E-state index in [0.29, 0.717) is 17.9 Å². The fraction of sp³-hybridized carbons (Fsp3) is 0.231. The Kier molecular flexibility index (Phi) is 3.10. The maximum Gasteiger partial charge on any atom is 0.140 e.